The van der Waals surface area contributed by atoms with Crippen LogP contribution in [0.15, 0.2) is 36.4 Å². The lowest BCUT2D eigenvalue weighted by Crippen LogP contribution is -2.52. The number of hydrogen-bond donors (Lipinski definition) is 1. The maximum atomic E-state index is 14.2. The largest absolute Gasteiger partial charge is 0.444 e. The molecule has 2 aromatic carbocycles. The summed E-state index contributed by atoms with van der Waals surface area (Å²) < 4.78 is 99.1. The van der Waals surface area contributed by atoms with Crippen molar-refractivity contribution in [2.24, 2.45) is 0 Å². The quantitative estimate of drug-likeness (QED) is 0.404. The number of alkyl halides is 6. The van der Waals surface area contributed by atoms with Gasteiger partial charge in [-0.1, -0.05) is 17.7 Å². The first-order chi connectivity index (χ1) is 17.3. The molecule has 0 aliphatic carbocycles. The number of likely N-dealkylation sites (tertiary alicyclic amines) is 1. The molecule has 1 aliphatic heterocycles. The van der Waals surface area contributed by atoms with Crippen molar-refractivity contribution in [1.29, 1.82) is 0 Å². The third-order valence-corrected chi connectivity index (χ3v) is 6.11. The summed E-state index contributed by atoms with van der Waals surface area (Å²) in [5.74, 6) is -2.74. The SMILES string of the molecule is CC(C)(C)OC(=O)N1CC[C@@H](NC(=O)c2cc(C(F)(F)F)cc(C(F)(F)F)c2)C(c2ccc(Cl)c(F)c2)C1. The first-order valence-electron chi connectivity index (χ1n) is 11.4. The van der Waals surface area contributed by atoms with Crippen molar-refractivity contribution in [2.45, 2.75) is 57.1 Å². The van der Waals surface area contributed by atoms with Gasteiger partial charge in [-0.3, -0.25) is 4.79 Å². The summed E-state index contributed by atoms with van der Waals surface area (Å²) in [6.45, 7) is 4.97. The summed E-state index contributed by atoms with van der Waals surface area (Å²) in [5.41, 5.74) is -4.61. The molecule has 0 spiro atoms. The predicted molar refractivity (Wildman–Crippen MR) is 124 cm³/mol. The number of amides is 2. The van der Waals surface area contributed by atoms with Crippen molar-refractivity contribution in [2.75, 3.05) is 13.1 Å². The number of piperidine rings is 1. The Balaban J connectivity index is 1.94. The minimum Gasteiger partial charge on any atom is -0.444 e. The average Bonchev–Trinajstić information content (AvgIpc) is 2.78. The van der Waals surface area contributed by atoms with Crippen LogP contribution in [0.3, 0.4) is 0 Å². The molecule has 3 rings (SSSR count). The molecule has 1 unspecified atom stereocenters. The van der Waals surface area contributed by atoms with Crippen molar-refractivity contribution in [3.63, 3.8) is 0 Å². The van der Waals surface area contributed by atoms with Crippen LogP contribution in [0, 0.1) is 5.82 Å². The lowest BCUT2D eigenvalue weighted by molar-refractivity contribution is -0.143. The van der Waals surface area contributed by atoms with Crippen molar-refractivity contribution < 1.29 is 45.1 Å². The molecule has 13 heteroatoms. The van der Waals surface area contributed by atoms with Gasteiger partial charge in [-0.05, 0) is 63.1 Å². The molecule has 2 aromatic rings. The third kappa shape index (κ3) is 7.30. The van der Waals surface area contributed by atoms with Crippen LogP contribution in [0.1, 0.15) is 60.2 Å². The fourth-order valence-electron chi connectivity index (χ4n) is 4.04. The number of nitrogens with zero attached hydrogens (tertiary/aromatic N) is 1. The van der Waals surface area contributed by atoms with Gasteiger partial charge in [0.2, 0.25) is 0 Å². The number of carbonyl (C=O) groups is 2. The molecule has 0 radical (unpaired) electrons. The molecule has 38 heavy (non-hydrogen) atoms. The molecule has 0 bridgehead atoms. The van der Waals surface area contributed by atoms with Gasteiger partial charge in [0.25, 0.3) is 5.91 Å². The first-order valence-corrected chi connectivity index (χ1v) is 11.8. The van der Waals surface area contributed by atoms with Crippen molar-refractivity contribution in [3.05, 3.63) is 69.5 Å². The number of hydrogen-bond acceptors (Lipinski definition) is 3. The average molecular weight is 569 g/mol. The predicted octanol–water partition coefficient (Wildman–Crippen LogP) is 7.04. The van der Waals surface area contributed by atoms with Crippen LogP contribution >= 0.6 is 11.6 Å². The highest BCUT2D eigenvalue weighted by molar-refractivity contribution is 6.30. The van der Waals surface area contributed by atoms with Crippen LogP contribution in [0.2, 0.25) is 5.02 Å². The smallest absolute Gasteiger partial charge is 0.416 e. The van der Waals surface area contributed by atoms with Gasteiger partial charge in [0.15, 0.2) is 0 Å². The van der Waals surface area contributed by atoms with Gasteiger partial charge in [0, 0.05) is 30.6 Å². The van der Waals surface area contributed by atoms with E-state index in [-0.39, 0.29) is 30.6 Å². The highest BCUT2D eigenvalue weighted by atomic mass is 35.5. The summed E-state index contributed by atoms with van der Waals surface area (Å²) in [6.07, 6.45) is -10.9. The Morgan fingerprint density at radius 2 is 1.55 bits per heavy atom. The van der Waals surface area contributed by atoms with Crippen LogP contribution < -0.4 is 5.32 Å². The molecule has 2 atom stereocenters. The Bertz CT molecular complexity index is 1180. The number of carbonyl (C=O) groups excluding carboxylic acids is 2. The van der Waals surface area contributed by atoms with Gasteiger partial charge in [0.05, 0.1) is 16.1 Å². The van der Waals surface area contributed by atoms with E-state index in [4.69, 9.17) is 16.3 Å². The van der Waals surface area contributed by atoms with E-state index in [9.17, 15) is 40.3 Å². The number of halogens is 8. The lowest BCUT2D eigenvalue weighted by Gasteiger charge is -2.39. The highest BCUT2D eigenvalue weighted by Crippen LogP contribution is 2.37. The fraction of sp³-hybridized carbons (Fsp3) is 0.440. The Labute approximate surface area is 218 Å². The number of rotatable bonds is 3. The zero-order chi connectivity index (χ0) is 28.6. The van der Waals surface area contributed by atoms with E-state index in [2.05, 4.69) is 5.32 Å². The van der Waals surface area contributed by atoms with Crippen LogP contribution in [0.25, 0.3) is 0 Å². The maximum absolute atomic E-state index is 14.2. The summed E-state index contributed by atoms with van der Waals surface area (Å²) in [4.78, 5) is 26.9. The number of benzene rings is 2. The molecule has 1 N–H and O–H groups in total. The molecule has 0 aromatic heterocycles. The third-order valence-electron chi connectivity index (χ3n) is 5.80. The van der Waals surface area contributed by atoms with Crippen LogP contribution in [-0.2, 0) is 17.1 Å². The Morgan fingerprint density at radius 1 is 0.974 bits per heavy atom. The molecule has 2 amide bonds. The Morgan fingerprint density at radius 3 is 2.05 bits per heavy atom. The van der Waals surface area contributed by atoms with Crippen LogP contribution in [0.4, 0.5) is 35.5 Å². The van der Waals surface area contributed by atoms with E-state index in [1.165, 1.54) is 17.0 Å². The highest BCUT2D eigenvalue weighted by Gasteiger charge is 2.39. The van der Waals surface area contributed by atoms with Crippen LogP contribution in [-0.4, -0.2) is 41.6 Å². The Hall–Kier alpha value is -3.02. The van der Waals surface area contributed by atoms with Crippen molar-refractivity contribution >= 4 is 23.6 Å². The van der Waals surface area contributed by atoms with E-state index in [0.29, 0.717) is 17.7 Å². The van der Waals surface area contributed by atoms with Gasteiger partial charge < -0.3 is 15.0 Å². The molecule has 1 aliphatic rings. The molecular formula is C25H24ClF7N2O3. The van der Waals surface area contributed by atoms with Gasteiger partial charge in [-0.15, -0.1) is 0 Å². The minimum atomic E-state index is -5.13. The molecule has 208 valence electrons. The van der Waals surface area contributed by atoms with Gasteiger partial charge in [-0.25, -0.2) is 9.18 Å². The van der Waals surface area contributed by atoms with E-state index in [0.717, 1.165) is 6.07 Å². The zero-order valence-corrected chi connectivity index (χ0v) is 21.2. The van der Waals surface area contributed by atoms with Gasteiger partial charge in [-0.2, -0.15) is 26.3 Å². The second-order valence-corrected chi connectivity index (χ2v) is 10.3. The van der Waals surface area contributed by atoms with E-state index >= 15 is 0 Å². The summed E-state index contributed by atoms with van der Waals surface area (Å²) >= 11 is 5.76. The molecule has 0 saturated carbocycles. The van der Waals surface area contributed by atoms with Crippen LogP contribution in [0.5, 0.6) is 0 Å². The topological polar surface area (TPSA) is 58.6 Å². The fourth-order valence-corrected chi connectivity index (χ4v) is 4.15. The molecule has 1 fully saturated rings. The minimum absolute atomic E-state index is 0.0584. The summed E-state index contributed by atoms with van der Waals surface area (Å²) in [5, 5.41) is 2.29. The van der Waals surface area contributed by atoms with Crippen molar-refractivity contribution in [3.8, 4) is 0 Å². The van der Waals surface area contributed by atoms with Crippen molar-refractivity contribution in [1.82, 2.24) is 10.2 Å². The number of nitrogens with one attached hydrogen (secondary N) is 1. The molecule has 1 saturated heterocycles. The van der Waals surface area contributed by atoms with Gasteiger partial charge >= 0.3 is 18.4 Å². The molecular weight excluding hydrogens is 545 g/mol. The monoisotopic (exact) mass is 568 g/mol. The second-order valence-electron chi connectivity index (χ2n) is 9.87. The van der Waals surface area contributed by atoms with E-state index in [1.54, 1.807) is 20.8 Å². The Kier molecular flexibility index (Phi) is 8.26. The summed E-state index contributed by atoms with van der Waals surface area (Å²) in [6, 6.07) is 3.53. The maximum Gasteiger partial charge on any atom is 0.416 e. The molecule has 1 heterocycles. The van der Waals surface area contributed by atoms with E-state index < -0.39 is 64.4 Å². The second kappa shape index (κ2) is 10.6. The number of ether oxygens (including phenoxy) is 1. The zero-order valence-electron chi connectivity index (χ0n) is 20.4. The standard InChI is InChI=1S/C25H24ClF7N2O3/c1-23(2,3)38-22(37)35-7-6-20(17(12-35)13-4-5-18(26)19(27)10-13)34-21(36)14-8-15(24(28,29)30)11-16(9-14)25(31,32)33/h4-5,8-11,17,20H,6-7,12H2,1-3H3,(H,34,36)/t17?,20-/m1/s1. The lowest BCUT2D eigenvalue weighted by atomic mass is 9.85. The first kappa shape index (κ1) is 29.5. The summed E-state index contributed by atoms with van der Waals surface area (Å²) in [7, 11) is 0. The molecule has 5 nitrogen and oxygen atoms in total. The van der Waals surface area contributed by atoms with Gasteiger partial charge in [0.1, 0.15) is 11.4 Å². The normalized spacial score (nSPS) is 18.8. The van der Waals surface area contributed by atoms with E-state index in [1.807, 2.05) is 0 Å².